The van der Waals surface area contributed by atoms with Crippen LogP contribution >= 0.6 is 0 Å². The van der Waals surface area contributed by atoms with Crippen molar-refractivity contribution in [2.45, 2.75) is 20.5 Å². The van der Waals surface area contributed by atoms with Crippen molar-refractivity contribution in [2.24, 2.45) is 10.9 Å². The zero-order valence-corrected chi connectivity index (χ0v) is 11.6. The Morgan fingerprint density at radius 2 is 1.75 bits per heavy atom. The molecule has 0 amide bonds. The van der Waals surface area contributed by atoms with Crippen molar-refractivity contribution in [3.8, 4) is 5.75 Å². The molecule has 0 saturated heterocycles. The largest absolute Gasteiger partial charge is 0.488 e. The van der Waals surface area contributed by atoms with Crippen molar-refractivity contribution < 1.29 is 9.94 Å². The van der Waals surface area contributed by atoms with Crippen molar-refractivity contribution in [3.05, 3.63) is 64.7 Å². The SMILES string of the molecule is Cc1cc(C(N)=NO)cc(C)c1OCc1ccccc1. The van der Waals surface area contributed by atoms with Crippen LogP contribution < -0.4 is 10.5 Å². The van der Waals surface area contributed by atoms with Gasteiger partial charge in [0.15, 0.2) is 5.84 Å². The maximum absolute atomic E-state index is 8.72. The van der Waals surface area contributed by atoms with E-state index in [2.05, 4.69) is 5.16 Å². The molecule has 2 rings (SSSR count). The number of benzene rings is 2. The van der Waals surface area contributed by atoms with Gasteiger partial charge in [-0.05, 0) is 42.7 Å². The molecule has 0 fully saturated rings. The van der Waals surface area contributed by atoms with Gasteiger partial charge in [-0.15, -0.1) is 0 Å². The third kappa shape index (κ3) is 3.09. The molecule has 4 heteroatoms. The van der Waals surface area contributed by atoms with E-state index in [4.69, 9.17) is 15.7 Å². The summed E-state index contributed by atoms with van der Waals surface area (Å²) < 4.78 is 5.88. The second kappa shape index (κ2) is 6.10. The molecule has 0 unspecified atom stereocenters. The summed E-state index contributed by atoms with van der Waals surface area (Å²) in [4.78, 5) is 0. The molecule has 0 bridgehead atoms. The smallest absolute Gasteiger partial charge is 0.170 e. The van der Waals surface area contributed by atoms with Crippen molar-refractivity contribution in [2.75, 3.05) is 0 Å². The number of hydrogen-bond donors (Lipinski definition) is 2. The van der Waals surface area contributed by atoms with Gasteiger partial charge < -0.3 is 15.7 Å². The van der Waals surface area contributed by atoms with Crippen LogP contribution in [0.5, 0.6) is 5.75 Å². The Kier molecular flexibility index (Phi) is 4.25. The Bertz CT molecular complexity index is 599. The third-order valence-corrected chi connectivity index (χ3v) is 3.09. The lowest BCUT2D eigenvalue weighted by Crippen LogP contribution is -2.14. The van der Waals surface area contributed by atoms with Gasteiger partial charge in [-0.1, -0.05) is 35.5 Å². The monoisotopic (exact) mass is 270 g/mol. The van der Waals surface area contributed by atoms with Gasteiger partial charge in [0.2, 0.25) is 0 Å². The number of nitrogens with two attached hydrogens (primary N) is 1. The van der Waals surface area contributed by atoms with E-state index in [9.17, 15) is 0 Å². The fourth-order valence-electron chi connectivity index (χ4n) is 2.11. The van der Waals surface area contributed by atoms with Gasteiger partial charge in [-0.25, -0.2) is 0 Å². The minimum atomic E-state index is 0.103. The Hall–Kier alpha value is -2.49. The first-order valence-corrected chi connectivity index (χ1v) is 6.37. The van der Waals surface area contributed by atoms with Crippen LogP contribution in [0.2, 0.25) is 0 Å². The summed E-state index contributed by atoms with van der Waals surface area (Å²) in [6.07, 6.45) is 0. The van der Waals surface area contributed by atoms with E-state index < -0.39 is 0 Å². The van der Waals surface area contributed by atoms with Gasteiger partial charge in [0.25, 0.3) is 0 Å². The molecule has 2 aromatic rings. The normalized spacial score (nSPS) is 11.4. The second-order valence-corrected chi connectivity index (χ2v) is 4.70. The third-order valence-electron chi connectivity index (χ3n) is 3.09. The first-order chi connectivity index (χ1) is 9.61. The van der Waals surface area contributed by atoms with Gasteiger partial charge in [0.05, 0.1) is 0 Å². The maximum atomic E-state index is 8.72. The summed E-state index contributed by atoms with van der Waals surface area (Å²) in [7, 11) is 0. The molecule has 0 aliphatic carbocycles. The predicted molar refractivity (Wildman–Crippen MR) is 79.2 cm³/mol. The highest BCUT2D eigenvalue weighted by molar-refractivity contribution is 5.97. The number of aryl methyl sites for hydroxylation is 2. The molecule has 0 aliphatic rings. The number of nitrogens with zero attached hydrogens (tertiary/aromatic N) is 1. The van der Waals surface area contributed by atoms with Gasteiger partial charge in [-0.3, -0.25) is 0 Å². The standard InChI is InChI=1S/C16H18N2O2/c1-11-8-14(16(17)18-19)9-12(2)15(11)20-10-13-6-4-3-5-7-13/h3-9,19H,10H2,1-2H3,(H2,17,18). The molecule has 0 saturated carbocycles. The Labute approximate surface area is 118 Å². The fourth-order valence-corrected chi connectivity index (χ4v) is 2.11. The lowest BCUT2D eigenvalue weighted by Gasteiger charge is -2.13. The van der Waals surface area contributed by atoms with Crippen LogP contribution in [-0.4, -0.2) is 11.0 Å². The molecule has 3 N–H and O–H groups in total. The van der Waals surface area contributed by atoms with Crippen molar-refractivity contribution in [3.63, 3.8) is 0 Å². The molecule has 0 atom stereocenters. The number of ether oxygens (including phenoxy) is 1. The van der Waals surface area contributed by atoms with E-state index in [1.54, 1.807) is 0 Å². The molecular formula is C16H18N2O2. The van der Waals surface area contributed by atoms with E-state index in [0.29, 0.717) is 12.2 Å². The second-order valence-electron chi connectivity index (χ2n) is 4.70. The molecule has 0 spiro atoms. The lowest BCUT2D eigenvalue weighted by atomic mass is 10.1. The van der Waals surface area contributed by atoms with Crippen LogP contribution in [0.4, 0.5) is 0 Å². The zero-order chi connectivity index (χ0) is 14.5. The van der Waals surface area contributed by atoms with Gasteiger partial charge in [0.1, 0.15) is 12.4 Å². The van der Waals surface area contributed by atoms with E-state index in [1.807, 2.05) is 56.3 Å². The van der Waals surface area contributed by atoms with E-state index in [1.165, 1.54) is 0 Å². The predicted octanol–water partition coefficient (Wildman–Crippen LogP) is 2.98. The first-order valence-electron chi connectivity index (χ1n) is 6.37. The summed E-state index contributed by atoms with van der Waals surface area (Å²) in [6.45, 7) is 4.41. The fraction of sp³-hybridized carbons (Fsp3) is 0.188. The van der Waals surface area contributed by atoms with Crippen LogP contribution in [0.3, 0.4) is 0 Å². The first kappa shape index (κ1) is 13.9. The molecule has 0 aromatic heterocycles. The van der Waals surface area contributed by atoms with Gasteiger partial charge in [0, 0.05) is 5.56 Å². The van der Waals surface area contributed by atoms with Crippen LogP contribution in [0.25, 0.3) is 0 Å². The molecular weight excluding hydrogens is 252 g/mol. The van der Waals surface area contributed by atoms with E-state index in [0.717, 1.165) is 22.4 Å². The van der Waals surface area contributed by atoms with E-state index in [-0.39, 0.29) is 5.84 Å². The zero-order valence-electron chi connectivity index (χ0n) is 11.6. The number of oxime groups is 1. The molecule has 0 radical (unpaired) electrons. The molecule has 20 heavy (non-hydrogen) atoms. The Morgan fingerprint density at radius 3 is 2.30 bits per heavy atom. The summed E-state index contributed by atoms with van der Waals surface area (Å²) in [5.74, 6) is 0.939. The summed E-state index contributed by atoms with van der Waals surface area (Å²) in [6, 6.07) is 13.7. The molecule has 4 nitrogen and oxygen atoms in total. The minimum Gasteiger partial charge on any atom is -0.488 e. The number of amidine groups is 1. The van der Waals surface area contributed by atoms with Crippen molar-refractivity contribution >= 4 is 5.84 Å². The molecule has 104 valence electrons. The van der Waals surface area contributed by atoms with Crippen molar-refractivity contribution in [1.29, 1.82) is 0 Å². The van der Waals surface area contributed by atoms with Crippen LogP contribution in [0.15, 0.2) is 47.6 Å². The van der Waals surface area contributed by atoms with Crippen LogP contribution in [-0.2, 0) is 6.61 Å². The Morgan fingerprint density at radius 1 is 1.15 bits per heavy atom. The van der Waals surface area contributed by atoms with Crippen LogP contribution in [0, 0.1) is 13.8 Å². The molecule has 0 aliphatic heterocycles. The summed E-state index contributed by atoms with van der Waals surface area (Å²) in [5, 5.41) is 11.7. The highest BCUT2D eigenvalue weighted by Crippen LogP contribution is 2.25. The maximum Gasteiger partial charge on any atom is 0.170 e. The quantitative estimate of drug-likeness (QED) is 0.388. The average molecular weight is 270 g/mol. The summed E-state index contributed by atoms with van der Waals surface area (Å²) in [5.41, 5.74) is 9.33. The number of rotatable bonds is 4. The topological polar surface area (TPSA) is 67.8 Å². The van der Waals surface area contributed by atoms with E-state index >= 15 is 0 Å². The van der Waals surface area contributed by atoms with Gasteiger partial charge in [-0.2, -0.15) is 0 Å². The highest BCUT2D eigenvalue weighted by Gasteiger charge is 2.09. The lowest BCUT2D eigenvalue weighted by molar-refractivity contribution is 0.302. The Balaban J connectivity index is 2.21. The molecule has 2 aromatic carbocycles. The average Bonchev–Trinajstić information content (AvgIpc) is 2.46. The van der Waals surface area contributed by atoms with Crippen LogP contribution in [0.1, 0.15) is 22.3 Å². The molecule has 0 heterocycles. The summed E-state index contributed by atoms with van der Waals surface area (Å²) >= 11 is 0. The van der Waals surface area contributed by atoms with Crippen molar-refractivity contribution in [1.82, 2.24) is 0 Å². The number of hydrogen-bond acceptors (Lipinski definition) is 3. The van der Waals surface area contributed by atoms with Gasteiger partial charge >= 0.3 is 0 Å². The highest BCUT2D eigenvalue weighted by atomic mass is 16.5. The minimum absolute atomic E-state index is 0.103.